The lowest BCUT2D eigenvalue weighted by atomic mass is 9.88. The van der Waals surface area contributed by atoms with Gasteiger partial charge in [-0.05, 0) is 11.3 Å². The summed E-state index contributed by atoms with van der Waals surface area (Å²) in [5.74, 6) is 0.0979. The standard InChI is InChI=1S/C13H22N2O4/c1-8(7-10(16)17)6-9-14-12(15-19-9)11(18-5)13(2,3)4/h8,11H,6-7H2,1-5H3,(H,16,17). The molecule has 19 heavy (non-hydrogen) atoms. The van der Waals surface area contributed by atoms with Gasteiger partial charge in [-0.25, -0.2) is 0 Å². The number of hydrogen-bond donors (Lipinski definition) is 1. The van der Waals surface area contributed by atoms with Gasteiger partial charge in [-0.15, -0.1) is 0 Å². The molecule has 1 aromatic heterocycles. The Labute approximate surface area is 113 Å². The summed E-state index contributed by atoms with van der Waals surface area (Å²) >= 11 is 0. The van der Waals surface area contributed by atoms with E-state index >= 15 is 0 Å². The van der Waals surface area contributed by atoms with Crippen molar-refractivity contribution in [2.24, 2.45) is 11.3 Å². The summed E-state index contributed by atoms with van der Waals surface area (Å²) in [6, 6.07) is 0. The second-order valence-corrected chi connectivity index (χ2v) is 5.94. The highest BCUT2D eigenvalue weighted by molar-refractivity contribution is 5.66. The lowest BCUT2D eigenvalue weighted by Gasteiger charge is -2.26. The Morgan fingerprint density at radius 3 is 2.58 bits per heavy atom. The van der Waals surface area contributed by atoms with Crippen molar-refractivity contribution in [3.63, 3.8) is 0 Å². The molecule has 0 amide bonds. The molecular weight excluding hydrogens is 248 g/mol. The lowest BCUT2D eigenvalue weighted by molar-refractivity contribution is -0.137. The summed E-state index contributed by atoms with van der Waals surface area (Å²) in [5, 5.41) is 12.6. The van der Waals surface area contributed by atoms with Crippen molar-refractivity contribution in [1.82, 2.24) is 10.1 Å². The van der Waals surface area contributed by atoms with Crippen molar-refractivity contribution in [1.29, 1.82) is 0 Å². The molecule has 2 atom stereocenters. The number of aliphatic carboxylic acids is 1. The second kappa shape index (κ2) is 6.14. The van der Waals surface area contributed by atoms with E-state index in [-0.39, 0.29) is 23.9 Å². The van der Waals surface area contributed by atoms with E-state index in [1.54, 1.807) is 7.11 Å². The van der Waals surface area contributed by atoms with Gasteiger partial charge in [0.2, 0.25) is 11.7 Å². The molecule has 0 aromatic carbocycles. The van der Waals surface area contributed by atoms with Gasteiger partial charge in [-0.2, -0.15) is 4.98 Å². The fraction of sp³-hybridized carbons (Fsp3) is 0.769. The average molecular weight is 270 g/mol. The fourth-order valence-corrected chi connectivity index (χ4v) is 1.97. The molecule has 0 spiro atoms. The zero-order valence-corrected chi connectivity index (χ0v) is 12.1. The molecule has 1 N–H and O–H groups in total. The largest absolute Gasteiger partial charge is 0.481 e. The van der Waals surface area contributed by atoms with Crippen LogP contribution in [0.1, 0.15) is 51.9 Å². The molecule has 0 fully saturated rings. The summed E-state index contributed by atoms with van der Waals surface area (Å²) in [5.41, 5.74) is -0.136. The zero-order valence-electron chi connectivity index (χ0n) is 12.1. The average Bonchev–Trinajstić information content (AvgIpc) is 2.63. The van der Waals surface area contributed by atoms with Crippen molar-refractivity contribution >= 4 is 5.97 Å². The van der Waals surface area contributed by atoms with Crippen LogP contribution < -0.4 is 0 Å². The SMILES string of the molecule is COC(c1noc(CC(C)CC(=O)O)n1)C(C)(C)C. The molecule has 0 saturated heterocycles. The van der Waals surface area contributed by atoms with Crippen LogP contribution in [0.4, 0.5) is 0 Å². The topological polar surface area (TPSA) is 85.5 Å². The minimum atomic E-state index is -0.823. The highest BCUT2D eigenvalue weighted by atomic mass is 16.5. The van der Waals surface area contributed by atoms with E-state index in [0.29, 0.717) is 18.1 Å². The number of carboxylic acid groups (broad SMARTS) is 1. The molecular formula is C13H22N2O4. The number of rotatable bonds is 6. The molecule has 0 bridgehead atoms. The Hall–Kier alpha value is -1.43. The van der Waals surface area contributed by atoms with Crippen molar-refractivity contribution in [2.75, 3.05) is 7.11 Å². The van der Waals surface area contributed by atoms with Gasteiger partial charge < -0.3 is 14.4 Å². The van der Waals surface area contributed by atoms with Gasteiger partial charge in [0.05, 0.1) is 0 Å². The van der Waals surface area contributed by atoms with Crippen LogP contribution in [0.2, 0.25) is 0 Å². The maximum absolute atomic E-state index is 10.6. The van der Waals surface area contributed by atoms with Gasteiger partial charge in [-0.3, -0.25) is 4.79 Å². The fourth-order valence-electron chi connectivity index (χ4n) is 1.97. The molecule has 0 radical (unpaired) electrons. The van der Waals surface area contributed by atoms with Crippen LogP contribution in [0.5, 0.6) is 0 Å². The van der Waals surface area contributed by atoms with Crippen LogP contribution in [0.15, 0.2) is 4.52 Å². The van der Waals surface area contributed by atoms with Crippen molar-refractivity contribution in [2.45, 2.75) is 46.6 Å². The Morgan fingerprint density at radius 2 is 2.11 bits per heavy atom. The first-order valence-electron chi connectivity index (χ1n) is 6.31. The van der Waals surface area contributed by atoms with Crippen molar-refractivity contribution < 1.29 is 19.2 Å². The number of carbonyl (C=O) groups is 1. The number of carboxylic acids is 1. The van der Waals surface area contributed by atoms with Gasteiger partial charge >= 0.3 is 5.97 Å². The monoisotopic (exact) mass is 270 g/mol. The van der Waals surface area contributed by atoms with E-state index in [1.807, 2.05) is 27.7 Å². The minimum absolute atomic E-state index is 0.0403. The summed E-state index contributed by atoms with van der Waals surface area (Å²) < 4.78 is 10.6. The first kappa shape index (κ1) is 15.6. The van der Waals surface area contributed by atoms with E-state index in [0.717, 1.165) is 0 Å². The van der Waals surface area contributed by atoms with E-state index in [1.165, 1.54) is 0 Å². The highest BCUT2D eigenvalue weighted by Crippen LogP contribution is 2.33. The molecule has 0 aliphatic carbocycles. The molecule has 1 rings (SSSR count). The van der Waals surface area contributed by atoms with Crippen LogP contribution in [0.3, 0.4) is 0 Å². The number of hydrogen-bond acceptors (Lipinski definition) is 5. The normalized spacial score (nSPS) is 15.2. The smallest absolute Gasteiger partial charge is 0.303 e. The van der Waals surface area contributed by atoms with Crippen LogP contribution in [0.25, 0.3) is 0 Å². The van der Waals surface area contributed by atoms with Gasteiger partial charge in [-0.1, -0.05) is 32.9 Å². The number of aromatic nitrogens is 2. The van der Waals surface area contributed by atoms with E-state index in [4.69, 9.17) is 14.4 Å². The Bertz CT molecular complexity index is 423. The molecule has 108 valence electrons. The molecule has 6 heteroatoms. The molecule has 1 aromatic rings. The zero-order chi connectivity index (χ0) is 14.6. The van der Waals surface area contributed by atoms with Crippen LogP contribution in [-0.4, -0.2) is 28.3 Å². The summed E-state index contributed by atoms with van der Waals surface area (Å²) in [4.78, 5) is 14.9. The highest BCUT2D eigenvalue weighted by Gasteiger charge is 2.30. The van der Waals surface area contributed by atoms with E-state index in [9.17, 15) is 4.79 Å². The number of methoxy groups -OCH3 is 1. The minimum Gasteiger partial charge on any atom is -0.481 e. The maximum atomic E-state index is 10.6. The summed E-state index contributed by atoms with van der Waals surface area (Å²) in [6.45, 7) is 7.94. The molecule has 0 aliphatic heterocycles. The van der Waals surface area contributed by atoms with Gasteiger partial charge in [0.25, 0.3) is 0 Å². The predicted octanol–water partition coefficient (Wildman–Crippen LogP) is 2.46. The maximum Gasteiger partial charge on any atom is 0.303 e. The molecule has 1 heterocycles. The van der Waals surface area contributed by atoms with Crippen LogP contribution in [-0.2, 0) is 16.0 Å². The summed E-state index contributed by atoms with van der Waals surface area (Å²) in [7, 11) is 1.61. The first-order valence-corrected chi connectivity index (χ1v) is 6.31. The molecule has 0 saturated carbocycles. The Kier molecular flexibility index (Phi) is 5.05. The second-order valence-electron chi connectivity index (χ2n) is 5.94. The Balaban J connectivity index is 2.74. The van der Waals surface area contributed by atoms with Gasteiger partial charge in [0.15, 0.2) is 0 Å². The Morgan fingerprint density at radius 1 is 1.47 bits per heavy atom. The van der Waals surface area contributed by atoms with Crippen LogP contribution >= 0.6 is 0 Å². The lowest BCUT2D eigenvalue weighted by Crippen LogP contribution is -2.21. The quantitative estimate of drug-likeness (QED) is 0.854. The molecule has 2 unspecified atom stereocenters. The van der Waals surface area contributed by atoms with Crippen LogP contribution in [0, 0.1) is 11.3 Å². The number of nitrogens with zero attached hydrogens (tertiary/aromatic N) is 2. The summed E-state index contributed by atoms with van der Waals surface area (Å²) in [6.07, 6.45) is 0.296. The predicted molar refractivity (Wildman–Crippen MR) is 68.6 cm³/mol. The van der Waals surface area contributed by atoms with Gasteiger partial charge in [0, 0.05) is 20.0 Å². The van der Waals surface area contributed by atoms with Crippen molar-refractivity contribution in [3.8, 4) is 0 Å². The van der Waals surface area contributed by atoms with Gasteiger partial charge in [0.1, 0.15) is 6.10 Å². The molecule has 6 nitrogen and oxygen atoms in total. The van der Waals surface area contributed by atoms with E-state index < -0.39 is 5.97 Å². The molecule has 0 aliphatic rings. The van der Waals surface area contributed by atoms with Crippen molar-refractivity contribution in [3.05, 3.63) is 11.7 Å². The first-order chi connectivity index (χ1) is 8.74. The van der Waals surface area contributed by atoms with E-state index in [2.05, 4.69) is 10.1 Å². The third kappa shape index (κ3) is 4.63. The third-order valence-electron chi connectivity index (χ3n) is 2.79. The third-order valence-corrected chi connectivity index (χ3v) is 2.79. The number of ether oxygens (including phenoxy) is 1.